The Kier molecular flexibility index (Phi) is 1.60. The number of imide groups is 1. The van der Waals surface area contributed by atoms with E-state index in [1.807, 2.05) is 0 Å². The van der Waals surface area contributed by atoms with E-state index < -0.39 is 17.2 Å². The standard InChI is InChI=1S/C14H11NO3/c16-10-5-4-7-2-1-3-8-6-9-12(17)15-13(18)14(9,10)11(7)8/h2,4-5,9H,1,3,6H2,(H,15,17,18). The molecule has 0 bridgehead atoms. The largest absolute Gasteiger partial charge is 0.295 e. The third-order valence-electron chi connectivity index (χ3n) is 4.53. The molecule has 4 aliphatic rings. The van der Waals surface area contributed by atoms with Gasteiger partial charge in [0.2, 0.25) is 11.8 Å². The zero-order valence-corrected chi connectivity index (χ0v) is 9.66. The molecule has 0 aromatic carbocycles. The smallest absolute Gasteiger partial charge is 0.245 e. The molecule has 90 valence electrons. The van der Waals surface area contributed by atoms with E-state index in [2.05, 4.69) is 11.4 Å². The lowest BCUT2D eigenvalue weighted by atomic mass is 9.66. The maximum atomic E-state index is 12.3. The van der Waals surface area contributed by atoms with Crippen LogP contribution in [0.3, 0.4) is 0 Å². The average molecular weight is 241 g/mol. The summed E-state index contributed by atoms with van der Waals surface area (Å²) in [7, 11) is 0. The summed E-state index contributed by atoms with van der Waals surface area (Å²) in [5.41, 5.74) is 1.68. The zero-order chi connectivity index (χ0) is 12.5. The Morgan fingerprint density at radius 3 is 2.89 bits per heavy atom. The topological polar surface area (TPSA) is 63.2 Å². The van der Waals surface area contributed by atoms with Crippen molar-refractivity contribution in [3.63, 3.8) is 0 Å². The normalized spacial score (nSPS) is 36.6. The maximum absolute atomic E-state index is 12.3. The van der Waals surface area contributed by atoms with Gasteiger partial charge >= 0.3 is 0 Å². The Bertz CT molecular complexity index is 623. The molecule has 0 saturated carbocycles. The second-order valence-corrected chi connectivity index (χ2v) is 5.26. The number of nitrogens with one attached hydrogen (secondary N) is 1. The van der Waals surface area contributed by atoms with Crippen molar-refractivity contribution in [2.45, 2.75) is 19.3 Å². The molecular formula is C14H11NO3. The Balaban J connectivity index is 2.07. The minimum absolute atomic E-state index is 0.236. The van der Waals surface area contributed by atoms with Crippen molar-refractivity contribution in [1.29, 1.82) is 0 Å². The summed E-state index contributed by atoms with van der Waals surface area (Å²) in [6, 6.07) is 0. The molecule has 2 unspecified atom stereocenters. The Labute approximate surface area is 103 Å². The number of carbonyl (C=O) groups is 3. The lowest BCUT2D eigenvalue weighted by molar-refractivity contribution is -0.136. The number of ketones is 1. The molecule has 1 fully saturated rings. The fourth-order valence-electron chi connectivity index (χ4n) is 3.83. The van der Waals surface area contributed by atoms with Crippen molar-refractivity contribution in [2.24, 2.45) is 11.3 Å². The molecule has 4 nitrogen and oxygen atoms in total. The summed E-state index contributed by atoms with van der Waals surface area (Å²) >= 11 is 0. The molecule has 1 spiro atoms. The van der Waals surface area contributed by atoms with Crippen LogP contribution in [0.4, 0.5) is 0 Å². The molecule has 0 aromatic rings. The van der Waals surface area contributed by atoms with E-state index in [0.29, 0.717) is 6.42 Å². The summed E-state index contributed by atoms with van der Waals surface area (Å²) in [5, 5.41) is 2.33. The first kappa shape index (κ1) is 10.00. The van der Waals surface area contributed by atoms with Crippen molar-refractivity contribution in [1.82, 2.24) is 5.32 Å². The summed E-state index contributed by atoms with van der Waals surface area (Å²) in [5.74, 6) is -1.48. The predicted octanol–water partition coefficient (Wildman–Crippen LogP) is 0.805. The molecule has 4 heteroatoms. The van der Waals surface area contributed by atoms with Crippen molar-refractivity contribution in [3.8, 4) is 0 Å². The van der Waals surface area contributed by atoms with Gasteiger partial charge < -0.3 is 0 Å². The highest BCUT2D eigenvalue weighted by molar-refractivity contribution is 6.26. The molecule has 18 heavy (non-hydrogen) atoms. The van der Waals surface area contributed by atoms with E-state index in [9.17, 15) is 14.4 Å². The fourth-order valence-corrected chi connectivity index (χ4v) is 3.83. The monoisotopic (exact) mass is 241 g/mol. The highest BCUT2D eigenvalue weighted by Crippen LogP contribution is 2.58. The molecule has 3 aliphatic carbocycles. The molecule has 1 heterocycles. The van der Waals surface area contributed by atoms with Crippen LogP contribution >= 0.6 is 0 Å². The van der Waals surface area contributed by atoms with Gasteiger partial charge in [-0.05, 0) is 36.5 Å². The van der Waals surface area contributed by atoms with Gasteiger partial charge in [-0.25, -0.2) is 0 Å². The Morgan fingerprint density at radius 1 is 1.22 bits per heavy atom. The second kappa shape index (κ2) is 2.88. The van der Waals surface area contributed by atoms with Crippen LogP contribution in [-0.4, -0.2) is 17.6 Å². The van der Waals surface area contributed by atoms with E-state index in [-0.39, 0.29) is 11.7 Å². The van der Waals surface area contributed by atoms with E-state index in [1.54, 1.807) is 6.08 Å². The molecule has 2 atom stereocenters. The van der Waals surface area contributed by atoms with Gasteiger partial charge in [0.1, 0.15) is 5.41 Å². The van der Waals surface area contributed by atoms with Gasteiger partial charge in [0, 0.05) is 0 Å². The molecule has 1 aliphatic heterocycles. The van der Waals surface area contributed by atoms with Gasteiger partial charge in [-0.3, -0.25) is 19.7 Å². The van der Waals surface area contributed by atoms with Crippen LogP contribution in [0.5, 0.6) is 0 Å². The minimum atomic E-state index is -1.23. The first-order valence-corrected chi connectivity index (χ1v) is 6.16. The minimum Gasteiger partial charge on any atom is -0.295 e. The summed E-state index contributed by atoms with van der Waals surface area (Å²) < 4.78 is 0. The Morgan fingerprint density at radius 2 is 2.06 bits per heavy atom. The Hall–Kier alpha value is -1.97. The fraction of sp³-hybridized carbons (Fsp3) is 0.357. The first-order chi connectivity index (χ1) is 8.65. The van der Waals surface area contributed by atoms with Gasteiger partial charge in [0.05, 0.1) is 5.92 Å². The molecular weight excluding hydrogens is 230 g/mol. The molecule has 4 rings (SSSR count). The van der Waals surface area contributed by atoms with E-state index in [1.165, 1.54) is 6.08 Å². The van der Waals surface area contributed by atoms with Crippen molar-refractivity contribution >= 4 is 17.6 Å². The van der Waals surface area contributed by atoms with Gasteiger partial charge in [0.25, 0.3) is 0 Å². The highest BCUT2D eigenvalue weighted by Gasteiger charge is 2.66. The van der Waals surface area contributed by atoms with E-state index >= 15 is 0 Å². The molecule has 0 aromatic heterocycles. The SMILES string of the molecule is O=C1NC(=O)C23C(=O)C=CC4=CCCC(=C42)CC13. The van der Waals surface area contributed by atoms with E-state index in [0.717, 1.165) is 29.6 Å². The van der Waals surface area contributed by atoms with Crippen LogP contribution in [0, 0.1) is 11.3 Å². The summed E-state index contributed by atoms with van der Waals surface area (Å²) in [6.45, 7) is 0. The second-order valence-electron chi connectivity index (χ2n) is 5.26. The number of rotatable bonds is 0. The number of hydrogen-bond acceptors (Lipinski definition) is 3. The average Bonchev–Trinajstić information content (AvgIpc) is 2.82. The number of carbonyl (C=O) groups excluding carboxylic acids is 3. The van der Waals surface area contributed by atoms with E-state index in [4.69, 9.17) is 0 Å². The molecule has 0 radical (unpaired) electrons. The van der Waals surface area contributed by atoms with Crippen LogP contribution in [-0.2, 0) is 14.4 Å². The van der Waals surface area contributed by atoms with Crippen LogP contribution in [0.1, 0.15) is 19.3 Å². The lowest BCUT2D eigenvalue weighted by Crippen LogP contribution is -2.43. The van der Waals surface area contributed by atoms with Crippen LogP contribution in [0.25, 0.3) is 0 Å². The van der Waals surface area contributed by atoms with Crippen LogP contribution in [0.2, 0.25) is 0 Å². The maximum Gasteiger partial charge on any atom is 0.245 e. The van der Waals surface area contributed by atoms with Crippen LogP contribution in [0.15, 0.2) is 34.9 Å². The number of allylic oxidation sites excluding steroid dienone is 5. The van der Waals surface area contributed by atoms with Crippen LogP contribution < -0.4 is 5.32 Å². The van der Waals surface area contributed by atoms with Gasteiger partial charge in [-0.1, -0.05) is 17.7 Å². The third kappa shape index (κ3) is 0.847. The number of hydrogen-bond donors (Lipinski definition) is 1. The quantitative estimate of drug-likeness (QED) is 0.504. The summed E-state index contributed by atoms with van der Waals surface area (Å²) in [4.78, 5) is 36.4. The molecule has 1 N–H and O–H groups in total. The highest BCUT2D eigenvalue weighted by atomic mass is 16.2. The third-order valence-corrected chi connectivity index (χ3v) is 4.53. The number of amides is 2. The van der Waals surface area contributed by atoms with Gasteiger partial charge in [0.15, 0.2) is 5.78 Å². The zero-order valence-electron chi connectivity index (χ0n) is 9.66. The molecule has 2 amide bonds. The predicted molar refractivity (Wildman–Crippen MR) is 62.2 cm³/mol. The van der Waals surface area contributed by atoms with Gasteiger partial charge in [-0.15, -0.1) is 0 Å². The van der Waals surface area contributed by atoms with Crippen molar-refractivity contribution < 1.29 is 14.4 Å². The van der Waals surface area contributed by atoms with Crippen molar-refractivity contribution in [3.05, 3.63) is 34.9 Å². The molecule has 1 saturated heterocycles. The summed E-state index contributed by atoms with van der Waals surface area (Å²) in [6.07, 6.45) is 7.62. The van der Waals surface area contributed by atoms with Crippen molar-refractivity contribution in [2.75, 3.05) is 0 Å². The lowest BCUT2D eigenvalue weighted by Gasteiger charge is -2.31. The first-order valence-electron chi connectivity index (χ1n) is 6.16. The van der Waals surface area contributed by atoms with Gasteiger partial charge in [-0.2, -0.15) is 0 Å².